The Labute approximate surface area is 151 Å². The Morgan fingerprint density at radius 1 is 1.08 bits per heavy atom. The maximum atomic E-state index is 12.6. The number of nitro groups is 1. The number of benzene rings is 1. The van der Waals surface area contributed by atoms with Crippen LogP contribution in [0.4, 0.5) is 5.69 Å². The van der Waals surface area contributed by atoms with Crippen LogP contribution in [-0.4, -0.2) is 27.6 Å². The lowest BCUT2D eigenvalue weighted by Gasteiger charge is -2.25. The molecule has 0 heterocycles. The summed E-state index contributed by atoms with van der Waals surface area (Å²) < 4.78 is 10.7. The second kappa shape index (κ2) is 7.55. The average molecular weight is 365 g/mol. The Hall–Kier alpha value is -2.90. The Morgan fingerprint density at radius 2 is 1.62 bits per heavy atom. The maximum absolute atomic E-state index is 12.6. The lowest BCUT2D eigenvalue weighted by molar-refractivity contribution is -0.385. The largest absolute Gasteiger partial charge is 0.478 e. The molecule has 0 aliphatic heterocycles. The molecule has 0 fully saturated rings. The van der Waals surface area contributed by atoms with Gasteiger partial charge in [0.2, 0.25) is 11.5 Å². The summed E-state index contributed by atoms with van der Waals surface area (Å²) in [7, 11) is 0. The Balaban J connectivity index is 3.59. The first kappa shape index (κ1) is 21.1. The highest BCUT2D eigenvalue weighted by atomic mass is 16.6. The number of para-hydroxylation sites is 2. The van der Waals surface area contributed by atoms with Gasteiger partial charge in [-0.25, -0.2) is 9.59 Å². The molecular weight excluding hydrogens is 342 g/mol. The number of nitro benzene ring substituents is 1. The van der Waals surface area contributed by atoms with Crippen molar-refractivity contribution in [3.63, 3.8) is 0 Å². The van der Waals surface area contributed by atoms with Crippen molar-refractivity contribution >= 4 is 17.6 Å². The van der Waals surface area contributed by atoms with E-state index < -0.39 is 39.3 Å². The zero-order chi connectivity index (χ0) is 20.3. The molecule has 0 spiro atoms. The first-order valence-electron chi connectivity index (χ1n) is 7.86. The quantitative estimate of drug-likeness (QED) is 0.278. The van der Waals surface area contributed by atoms with E-state index in [-0.39, 0.29) is 11.3 Å². The fourth-order valence-electron chi connectivity index (χ4n) is 2.08. The molecule has 1 rings (SSSR count). The van der Waals surface area contributed by atoms with Gasteiger partial charge in [-0.3, -0.25) is 10.1 Å². The molecule has 0 aromatic heterocycles. The average Bonchev–Trinajstić information content (AvgIpc) is 2.43. The van der Waals surface area contributed by atoms with Gasteiger partial charge in [-0.2, -0.15) is 0 Å². The lowest BCUT2D eigenvalue weighted by atomic mass is 9.85. The molecule has 0 saturated heterocycles. The van der Waals surface area contributed by atoms with Crippen molar-refractivity contribution in [2.75, 3.05) is 0 Å². The number of hydrogen-bond donors (Lipinski definition) is 1. The summed E-state index contributed by atoms with van der Waals surface area (Å²) in [6, 6.07) is 5.39. The maximum Gasteiger partial charge on any atom is 0.375 e. The van der Waals surface area contributed by atoms with E-state index in [0.29, 0.717) is 0 Å². The zero-order valence-corrected chi connectivity index (χ0v) is 15.7. The number of esters is 1. The van der Waals surface area contributed by atoms with Gasteiger partial charge in [0.05, 0.1) is 10.5 Å². The molecule has 1 aromatic carbocycles. The number of nitrogens with zero attached hydrogens (tertiary/aromatic N) is 1. The number of hydrogen-bond acceptors (Lipinski definition) is 6. The van der Waals surface area contributed by atoms with E-state index in [0.717, 1.165) is 0 Å². The number of carboxylic acids is 1. The van der Waals surface area contributed by atoms with Crippen LogP contribution in [0.5, 0.6) is 5.75 Å². The van der Waals surface area contributed by atoms with Crippen LogP contribution < -0.4 is 4.74 Å². The van der Waals surface area contributed by atoms with Crippen LogP contribution in [0.2, 0.25) is 0 Å². The highest BCUT2D eigenvalue weighted by molar-refractivity contribution is 5.99. The van der Waals surface area contributed by atoms with Gasteiger partial charge in [-0.15, -0.1) is 0 Å². The van der Waals surface area contributed by atoms with Crippen LogP contribution in [0.3, 0.4) is 0 Å². The van der Waals surface area contributed by atoms with E-state index in [9.17, 15) is 24.8 Å². The molecule has 0 atom stereocenters. The van der Waals surface area contributed by atoms with E-state index in [1.54, 1.807) is 41.5 Å². The minimum atomic E-state index is -1.38. The lowest BCUT2D eigenvalue weighted by Crippen LogP contribution is -2.31. The normalized spacial score (nSPS) is 12.8. The number of carbonyl (C=O) groups is 2. The first-order chi connectivity index (χ1) is 11.7. The molecule has 0 aliphatic carbocycles. The molecule has 8 nitrogen and oxygen atoms in total. The molecule has 8 heteroatoms. The second-order valence-electron chi connectivity index (χ2n) is 7.59. The van der Waals surface area contributed by atoms with Crippen LogP contribution in [-0.2, 0) is 14.3 Å². The minimum absolute atomic E-state index is 0.249. The van der Waals surface area contributed by atoms with Crippen LogP contribution in [0.1, 0.15) is 41.5 Å². The Morgan fingerprint density at radius 3 is 2.04 bits per heavy atom. The van der Waals surface area contributed by atoms with Crippen LogP contribution in [0.25, 0.3) is 0 Å². The highest BCUT2D eigenvalue weighted by Crippen LogP contribution is 2.34. The summed E-state index contributed by atoms with van der Waals surface area (Å²) >= 11 is 0. The van der Waals surface area contributed by atoms with Gasteiger partial charge in [-0.1, -0.05) is 32.9 Å². The first-order valence-corrected chi connectivity index (χ1v) is 7.86. The summed E-state index contributed by atoms with van der Waals surface area (Å²) in [4.78, 5) is 34.9. The van der Waals surface area contributed by atoms with Crippen molar-refractivity contribution in [3.8, 4) is 5.75 Å². The molecular formula is C18H23NO7. The molecule has 142 valence electrons. The Bertz CT molecular complexity index is 752. The van der Waals surface area contributed by atoms with Crippen LogP contribution in [0, 0.1) is 15.5 Å². The van der Waals surface area contributed by atoms with Crippen molar-refractivity contribution in [2.24, 2.45) is 5.41 Å². The number of carboxylic acid groups (broad SMARTS) is 1. The van der Waals surface area contributed by atoms with Gasteiger partial charge in [0.1, 0.15) is 5.60 Å². The van der Waals surface area contributed by atoms with Crippen molar-refractivity contribution in [1.82, 2.24) is 0 Å². The fraction of sp³-hybridized carbons (Fsp3) is 0.444. The summed E-state index contributed by atoms with van der Waals surface area (Å²) in [6.07, 6.45) is 0. The van der Waals surface area contributed by atoms with Crippen molar-refractivity contribution in [2.45, 2.75) is 47.1 Å². The van der Waals surface area contributed by atoms with Gasteiger partial charge >= 0.3 is 17.6 Å². The topological polar surface area (TPSA) is 116 Å². The zero-order valence-electron chi connectivity index (χ0n) is 15.7. The highest BCUT2D eigenvalue weighted by Gasteiger charge is 2.35. The molecule has 0 unspecified atom stereocenters. The standard InChI is InChI=1S/C18H23NO7/c1-17(2,3)13(15(20)21)14(16(22)26-18(4,5)6)25-12-10-8-7-9-11(12)19(23)24/h7-10H,1-6H3,(H,20,21). The molecule has 0 bridgehead atoms. The minimum Gasteiger partial charge on any atom is -0.478 e. The molecule has 1 aromatic rings. The summed E-state index contributed by atoms with van der Waals surface area (Å²) in [5, 5.41) is 20.8. The molecule has 1 N–H and O–H groups in total. The van der Waals surface area contributed by atoms with E-state index in [1.807, 2.05) is 0 Å². The van der Waals surface area contributed by atoms with Crippen molar-refractivity contribution in [1.29, 1.82) is 0 Å². The molecule has 26 heavy (non-hydrogen) atoms. The summed E-state index contributed by atoms with van der Waals surface area (Å²) in [6.45, 7) is 9.61. The summed E-state index contributed by atoms with van der Waals surface area (Å²) in [5.41, 5.74) is -2.63. The van der Waals surface area contributed by atoms with Gasteiger partial charge < -0.3 is 14.6 Å². The SMILES string of the molecule is CC(C)(C)OC(=O)C(Oc1ccccc1[N+](=O)[O-])=C(C(=O)O)C(C)(C)C. The predicted octanol–water partition coefficient (Wildman–Crippen LogP) is 3.70. The van der Waals surface area contributed by atoms with Gasteiger partial charge in [0.25, 0.3) is 0 Å². The fourth-order valence-corrected chi connectivity index (χ4v) is 2.08. The number of rotatable bonds is 5. The number of ether oxygens (including phenoxy) is 2. The molecule has 0 amide bonds. The van der Waals surface area contributed by atoms with E-state index in [2.05, 4.69) is 0 Å². The van der Waals surface area contributed by atoms with Crippen molar-refractivity contribution in [3.05, 3.63) is 45.7 Å². The number of aliphatic carboxylic acids is 1. The predicted molar refractivity (Wildman–Crippen MR) is 93.7 cm³/mol. The third-order valence-electron chi connectivity index (χ3n) is 3.05. The monoisotopic (exact) mass is 365 g/mol. The smallest absolute Gasteiger partial charge is 0.375 e. The van der Waals surface area contributed by atoms with E-state index >= 15 is 0 Å². The number of carbonyl (C=O) groups excluding carboxylic acids is 1. The van der Waals surface area contributed by atoms with Gasteiger partial charge in [0.15, 0.2) is 0 Å². The summed E-state index contributed by atoms with van der Waals surface area (Å²) in [5.74, 6) is -3.23. The third kappa shape index (κ3) is 5.58. The van der Waals surface area contributed by atoms with E-state index in [4.69, 9.17) is 9.47 Å². The molecule has 0 radical (unpaired) electrons. The molecule has 0 aliphatic rings. The van der Waals surface area contributed by atoms with Crippen molar-refractivity contribution < 1.29 is 29.1 Å². The second-order valence-corrected chi connectivity index (χ2v) is 7.59. The Kier molecular flexibility index (Phi) is 6.14. The third-order valence-corrected chi connectivity index (χ3v) is 3.05. The van der Waals surface area contributed by atoms with Gasteiger partial charge in [0, 0.05) is 6.07 Å². The van der Waals surface area contributed by atoms with Gasteiger partial charge in [-0.05, 0) is 32.3 Å². The molecule has 0 saturated carbocycles. The van der Waals surface area contributed by atoms with E-state index in [1.165, 1.54) is 24.3 Å². The van der Waals surface area contributed by atoms with Crippen LogP contribution >= 0.6 is 0 Å². The van der Waals surface area contributed by atoms with Crippen LogP contribution in [0.15, 0.2) is 35.6 Å².